The summed E-state index contributed by atoms with van der Waals surface area (Å²) >= 11 is 0. The number of rotatable bonds is 7. The Morgan fingerprint density at radius 2 is 1.36 bits per heavy atom. The molecule has 0 spiro atoms. The van der Waals surface area contributed by atoms with Crippen molar-refractivity contribution in [3.05, 3.63) is 71.8 Å². The molecule has 22 heavy (non-hydrogen) atoms. The monoisotopic (exact) mass is 297 g/mol. The molecule has 0 bridgehead atoms. The van der Waals surface area contributed by atoms with Crippen molar-refractivity contribution in [1.29, 1.82) is 0 Å². The van der Waals surface area contributed by atoms with Crippen LogP contribution in [-0.2, 0) is 10.2 Å². The summed E-state index contributed by atoms with van der Waals surface area (Å²) in [5.41, 5.74) is 8.64. The maximum Gasteiger partial charge on any atom is 0.106 e. The van der Waals surface area contributed by atoms with Gasteiger partial charge in [0.15, 0.2) is 0 Å². The zero-order valence-electron chi connectivity index (χ0n) is 13.8. The lowest BCUT2D eigenvalue weighted by atomic mass is 9.73. The van der Waals surface area contributed by atoms with E-state index in [0.717, 1.165) is 6.42 Å². The molecule has 2 rings (SSSR count). The molecule has 2 aromatic carbocycles. The predicted octanol–water partition coefficient (Wildman–Crippen LogP) is 4.34. The Balaban J connectivity index is 2.27. The van der Waals surface area contributed by atoms with Crippen molar-refractivity contribution in [1.82, 2.24) is 0 Å². The van der Waals surface area contributed by atoms with Gasteiger partial charge in [-0.05, 0) is 17.0 Å². The smallest absolute Gasteiger partial charge is 0.106 e. The molecule has 118 valence electrons. The Morgan fingerprint density at radius 1 is 0.909 bits per heavy atom. The maximum absolute atomic E-state index is 6.26. The summed E-state index contributed by atoms with van der Waals surface area (Å²) in [6, 6.07) is 21.1. The van der Waals surface area contributed by atoms with Gasteiger partial charge in [-0.25, -0.2) is 0 Å². The van der Waals surface area contributed by atoms with Crippen LogP contribution in [0.4, 0.5) is 0 Å². The first-order valence-corrected chi connectivity index (χ1v) is 8.00. The van der Waals surface area contributed by atoms with Gasteiger partial charge < -0.3 is 10.5 Å². The van der Waals surface area contributed by atoms with Crippen LogP contribution < -0.4 is 5.73 Å². The fraction of sp³-hybridized carbons (Fsp3) is 0.400. The Morgan fingerprint density at radius 3 is 1.77 bits per heavy atom. The van der Waals surface area contributed by atoms with Gasteiger partial charge in [0.05, 0.1) is 6.61 Å². The zero-order chi connectivity index (χ0) is 16.0. The molecule has 2 aromatic rings. The molecular formula is C20H27NO. The molecule has 0 aromatic heterocycles. The minimum atomic E-state index is -0.271. The number of ether oxygens (including phenoxy) is 1. The normalized spacial score (nSPS) is 13.3. The highest BCUT2D eigenvalue weighted by Gasteiger charge is 2.31. The fourth-order valence-electron chi connectivity index (χ4n) is 2.79. The summed E-state index contributed by atoms with van der Waals surface area (Å²) in [4.78, 5) is 0. The van der Waals surface area contributed by atoms with E-state index in [9.17, 15) is 0 Å². The molecule has 0 aliphatic heterocycles. The van der Waals surface area contributed by atoms with Gasteiger partial charge in [0.25, 0.3) is 0 Å². The SMILES string of the molecule is CC(C)COC(N)CC(C)(c1ccccc1)c1ccccc1. The van der Waals surface area contributed by atoms with Crippen molar-refractivity contribution in [3.8, 4) is 0 Å². The Bertz CT molecular complexity index is 511. The lowest BCUT2D eigenvalue weighted by Crippen LogP contribution is -2.36. The number of nitrogens with two attached hydrogens (primary N) is 1. The van der Waals surface area contributed by atoms with Crippen LogP contribution in [0.5, 0.6) is 0 Å². The van der Waals surface area contributed by atoms with Crippen LogP contribution in [0.1, 0.15) is 38.3 Å². The van der Waals surface area contributed by atoms with Crippen LogP contribution >= 0.6 is 0 Å². The van der Waals surface area contributed by atoms with Crippen molar-refractivity contribution in [2.75, 3.05) is 6.61 Å². The lowest BCUT2D eigenvalue weighted by molar-refractivity contribution is 0.0251. The second kappa shape index (κ2) is 7.57. The van der Waals surface area contributed by atoms with Crippen LogP contribution in [0.2, 0.25) is 0 Å². The first kappa shape index (κ1) is 16.7. The van der Waals surface area contributed by atoms with Gasteiger partial charge in [0, 0.05) is 11.8 Å². The van der Waals surface area contributed by atoms with E-state index in [4.69, 9.17) is 10.5 Å². The quantitative estimate of drug-likeness (QED) is 0.772. The van der Waals surface area contributed by atoms with Gasteiger partial charge in [-0.2, -0.15) is 0 Å². The van der Waals surface area contributed by atoms with Gasteiger partial charge >= 0.3 is 0 Å². The highest BCUT2D eigenvalue weighted by molar-refractivity contribution is 5.38. The van der Waals surface area contributed by atoms with Crippen LogP contribution in [0.3, 0.4) is 0 Å². The van der Waals surface area contributed by atoms with E-state index < -0.39 is 0 Å². The number of benzene rings is 2. The molecule has 0 amide bonds. The highest BCUT2D eigenvalue weighted by atomic mass is 16.5. The minimum Gasteiger partial charge on any atom is -0.363 e. The topological polar surface area (TPSA) is 35.2 Å². The largest absolute Gasteiger partial charge is 0.363 e. The Hall–Kier alpha value is -1.64. The van der Waals surface area contributed by atoms with Crippen molar-refractivity contribution in [3.63, 3.8) is 0 Å². The molecule has 0 heterocycles. The van der Waals surface area contributed by atoms with Crippen LogP contribution in [0.15, 0.2) is 60.7 Å². The molecule has 0 saturated heterocycles. The number of hydrogen-bond acceptors (Lipinski definition) is 2. The predicted molar refractivity (Wildman–Crippen MR) is 92.7 cm³/mol. The molecule has 2 nitrogen and oxygen atoms in total. The van der Waals surface area contributed by atoms with E-state index in [1.807, 2.05) is 12.1 Å². The third-order valence-corrected chi connectivity index (χ3v) is 4.07. The van der Waals surface area contributed by atoms with E-state index >= 15 is 0 Å². The van der Waals surface area contributed by atoms with Crippen LogP contribution in [-0.4, -0.2) is 12.8 Å². The Labute approximate surface area is 134 Å². The van der Waals surface area contributed by atoms with Crippen molar-refractivity contribution < 1.29 is 4.74 Å². The maximum atomic E-state index is 6.26. The van der Waals surface area contributed by atoms with Gasteiger partial charge in [-0.1, -0.05) is 81.4 Å². The van der Waals surface area contributed by atoms with E-state index in [-0.39, 0.29) is 11.6 Å². The van der Waals surface area contributed by atoms with Gasteiger partial charge in [-0.3, -0.25) is 0 Å². The molecule has 0 radical (unpaired) electrons. The lowest BCUT2D eigenvalue weighted by Gasteiger charge is -2.33. The molecule has 2 N–H and O–H groups in total. The van der Waals surface area contributed by atoms with E-state index in [2.05, 4.69) is 69.3 Å². The molecule has 2 heteroatoms. The van der Waals surface area contributed by atoms with Crippen molar-refractivity contribution >= 4 is 0 Å². The second-order valence-corrected chi connectivity index (χ2v) is 6.53. The van der Waals surface area contributed by atoms with E-state index in [0.29, 0.717) is 12.5 Å². The van der Waals surface area contributed by atoms with Gasteiger partial charge in [0.1, 0.15) is 6.23 Å². The molecule has 0 aliphatic rings. The van der Waals surface area contributed by atoms with Gasteiger partial charge in [-0.15, -0.1) is 0 Å². The van der Waals surface area contributed by atoms with Crippen molar-refractivity contribution in [2.24, 2.45) is 11.7 Å². The fourth-order valence-corrected chi connectivity index (χ4v) is 2.79. The molecule has 0 saturated carbocycles. The summed E-state index contributed by atoms with van der Waals surface area (Å²) in [6.45, 7) is 7.22. The molecule has 0 fully saturated rings. The van der Waals surface area contributed by atoms with Crippen molar-refractivity contribution in [2.45, 2.75) is 38.8 Å². The van der Waals surface area contributed by atoms with Gasteiger partial charge in [0.2, 0.25) is 0 Å². The molecule has 1 unspecified atom stereocenters. The molecule has 0 aliphatic carbocycles. The summed E-state index contributed by atoms with van der Waals surface area (Å²) < 4.78 is 5.82. The standard InChI is InChI=1S/C20H27NO/c1-16(2)15-22-19(21)14-20(3,17-10-6-4-7-11-17)18-12-8-5-9-13-18/h4-13,16,19H,14-15,21H2,1-3H3. The molecule has 1 atom stereocenters. The van der Waals surface area contributed by atoms with Crippen LogP contribution in [0, 0.1) is 5.92 Å². The first-order chi connectivity index (χ1) is 10.5. The highest BCUT2D eigenvalue weighted by Crippen LogP contribution is 2.36. The third kappa shape index (κ3) is 4.19. The third-order valence-electron chi connectivity index (χ3n) is 4.07. The van der Waals surface area contributed by atoms with Crippen LogP contribution in [0.25, 0.3) is 0 Å². The minimum absolute atomic E-state index is 0.154. The average Bonchev–Trinajstić information content (AvgIpc) is 2.54. The Kier molecular flexibility index (Phi) is 5.76. The second-order valence-electron chi connectivity index (χ2n) is 6.53. The summed E-state index contributed by atoms with van der Waals surface area (Å²) in [5, 5.41) is 0. The first-order valence-electron chi connectivity index (χ1n) is 8.00. The number of hydrogen-bond donors (Lipinski definition) is 1. The van der Waals surface area contributed by atoms with E-state index in [1.54, 1.807) is 0 Å². The summed E-state index contributed by atoms with van der Waals surface area (Å²) in [6.07, 6.45) is 0.487. The summed E-state index contributed by atoms with van der Waals surface area (Å²) in [5.74, 6) is 0.491. The molecular weight excluding hydrogens is 270 g/mol. The van der Waals surface area contributed by atoms with E-state index in [1.165, 1.54) is 11.1 Å². The average molecular weight is 297 g/mol. The summed E-state index contributed by atoms with van der Waals surface area (Å²) in [7, 11) is 0. The zero-order valence-corrected chi connectivity index (χ0v) is 13.8.